The maximum Gasteiger partial charge on any atom is 0.407 e. The number of likely N-dealkylation sites (tertiary alicyclic amines) is 1. The highest BCUT2D eigenvalue weighted by atomic mass is 35.5. The van der Waals surface area contributed by atoms with Crippen LogP contribution in [0.4, 0.5) is 16.2 Å². The van der Waals surface area contributed by atoms with Crippen molar-refractivity contribution in [1.82, 2.24) is 10.2 Å². The maximum absolute atomic E-state index is 11.0. The quantitative estimate of drug-likeness (QED) is 0.540. The third-order valence-electron chi connectivity index (χ3n) is 4.66. The van der Waals surface area contributed by atoms with Crippen LogP contribution in [0.2, 0.25) is 5.02 Å². The van der Waals surface area contributed by atoms with E-state index < -0.39 is 6.09 Å². The van der Waals surface area contributed by atoms with Crippen LogP contribution in [0.1, 0.15) is 18.4 Å². The Hall–Kier alpha value is -2.51. The molecule has 0 unspecified atom stereocenters. The first-order chi connectivity index (χ1) is 13.5. The molecule has 2 aromatic rings. The zero-order chi connectivity index (χ0) is 19.9. The minimum atomic E-state index is -0.868. The molecule has 1 fully saturated rings. The Bertz CT molecular complexity index is 826. The van der Waals surface area contributed by atoms with Crippen molar-refractivity contribution in [2.45, 2.75) is 25.4 Å². The number of hydrogen-bond donors (Lipinski definition) is 4. The SMILES string of the molecule is O=C(O)N1CCC(NC(=S)Nc2cc(Cl)ccc2NCc2ccccc2)CC1. The van der Waals surface area contributed by atoms with Crippen LogP contribution in [0.15, 0.2) is 48.5 Å². The largest absolute Gasteiger partial charge is 0.465 e. The minimum Gasteiger partial charge on any atom is -0.465 e. The summed E-state index contributed by atoms with van der Waals surface area (Å²) >= 11 is 11.6. The average molecular weight is 419 g/mol. The molecule has 148 valence electrons. The zero-order valence-electron chi connectivity index (χ0n) is 15.3. The summed E-state index contributed by atoms with van der Waals surface area (Å²) in [4.78, 5) is 12.4. The molecule has 0 bridgehead atoms. The lowest BCUT2D eigenvalue weighted by Crippen LogP contribution is -2.47. The lowest BCUT2D eigenvalue weighted by molar-refractivity contribution is 0.131. The molecule has 28 heavy (non-hydrogen) atoms. The fourth-order valence-electron chi connectivity index (χ4n) is 3.13. The van der Waals surface area contributed by atoms with Crippen molar-refractivity contribution in [3.8, 4) is 0 Å². The van der Waals surface area contributed by atoms with Crippen molar-refractivity contribution in [3.63, 3.8) is 0 Å². The number of anilines is 2. The van der Waals surface area contributed by atoms with Gasteiger partial charge in [0.15, 0.2) is 5.11 Å². The Morgan fingerprint density at radius 1 is 1.14 bits per heavy atom. The summed E-state index contributed by atoms with van der Waals surface area (Å²) in [5.41, 5.74) is 2.87. The van der Waals surface area contributed by atoms with E-state index in [4.69, 9.17) is 28.9 Å². The first-order valence-electron chi connectivity index (χ1n) is 9.14. The average Bonchev–Trinajstić information content (AvgIpc) is 2.68. The van der Waals surface area contributed by atoms with Gasteiger partial charge in [0.1, 0.15) is 0 Å². The van der Waals surface area contributed by atoms with Crippen molar-refractivity contribution >= 4 is 46.4 Å². The van der Waals surface area contributed by atoms with Crippen molar-refractivity contribution < 1.29 is 9.90 Å². The van der Waals surface area contributed by atoms with Gasteiger partial charge in [-0.15, -0.1) is 0 Å². The van der Waals surface area contributed by atoms with E-state index in [1.54, 1.807) is 0 Å². The van der Waals surface area contributed by atoms with Crippen LogP contribution in [-0.2, 0) is 6.54 Å². The van der Waals surface area contributed by atoms with E-state index in [0.29, 0.717) is 29.8 Å². The molecule has 0 saturated carbocycles. The van der Waals surface area contributed by atoms with E-state index in [1.165, 1.54) is 10.5 Å². The summed E-state index contributed by atoms with van der Waals surface area (Å²) in [6.07, 6.45) is 0.582. The molecular weight excluding hydrogens is 396 g/mol. The van der Waals surface area contributed by atoms with E-state index in [1.807, 2.05) is 36.4 Å². The highest BCUT2D eigenvalue weighted by molar-refractivity contribution is 7.80. The van der Waals surface area contributed by atoms with E-state index in [9.17, 15) is 4.79 Å². The van der Waals surface area contributed by atoms with Gasteiger partial charge in [-0.2, -0.15) is 0 Å². The molecule has 1 amide bonds. The van der Waals surface area contributed by atoms with E-state index in [-0.39, 0.29) is 6.04 Å². The second-order valence-corrected chi connectivity index (χ2v) is 7.52. The molecule has 1 saturated heterocycles. The van der Waals surface area contributed by atoms with Crippen LogP contribution in [0.3, 0.4) is 0 Å². The van der Waals surface area contributed by atoms with E-state index in [2.05, 4.69) is 28.1 Å². The number of amides is 1. The van der Waals surface area contributed by atoms with Gasteiger partial charge in [0.25, 0.3) is 0 Å². The number of piperidine rings is 1. The predicted molar refractivity (Wildman–Crippen MR) is 117 cm³/mol. The maximum atomic E-state index is 11.0. The van der Waals surface area contributed by atoms with Crippen molar-refractivity contribution in [2.75, 3.05) is 23.7 Å². The molecule has 8 heteroatoms. The summed E-state index contributed by atoms with van der Waals surface area (Å²) < 4.78 is 0. The lowest BCUT2D eigenvalue weighted by atomic mass is 10.1. The fraction of sp³-hybridized carbons (Fsp3) is 0.300. The van der Waals surface area contributed by atoms with Gasteiger partial charge in [-0.1, -0.05) is 41.9 Å². The minimum absolute atomic E-state index is 0.149. The Morgan fingerprint density at radius 2 is 1.86 bits per heavy atom. The number of benzene rings is 2. The number of halogens is 1. The normalized spacial score (nSPS) is 14.4. The third-order valence-corrected chi connectivity index (χ3v) is 5.11. The van der Waals surface area contributed by atoms with Gasteiger partial charge in [-0.25, -0.2) is 4.79 Å². The molecule has 6 nitrogen and oxygen atoms in total. The van der Waals surface area contributed by atoms with Gasteiger partial charge in [0, 0.05) is 30.7 Å². The van der Waals surface area contributed by atoms with Gasteiger partial charge in [0.2, 0.25) is 0 Å². The first-order valence-corrected chi connectivity index (χ1v) is 9.92. The highest BCUT2D eigenvalue weighted by Gasteiger charge is 2.22. The summed E-state index contributed by atoms with van der Waals surface area (Å²) in [6, 6.07) is 15.9. The first kappa shape index (κ1) is 20.2. The monoisotopic (exact) mass is 418 g/mol. The number of nitrogens with one attached hydrogen (secondary N) is 3. The van der Waals surface area contributed by atoms with Crippen LogP contribution in [0.5, 0.6) is 0 Å². The summed E-state index contributed by atoms with van der Waals surface area (Å²) in [5, 5.41) is 20.0. The number of thiocarbonyl (C=S) groups is 1. The fourth-order valence-corrected chi connectivity index (χ4v) is 3.57. The molecular formula is C20H23ClN4O2S. The molecule has 0 atom stereocenters. The summed E-state index contributed by atoms with van der Waals surface area (Å²) in [6.45, 7) is 1.71. The highest BCUT2D eigenvalue weighted by Crippen LogP contribution is 2.26. The number of carboxylic acid groups (broad SMARTS) is 1. The molecule has 0 aromatic heterocycles. The van der Waals surface area contributed by atoms with Gasteiger partial charge in [0.05, 0.1) is 11.4 Å². The van der Waals surface area contributed by atoms with Crippen LogP contribution in [0.25, 0.3) is 0 Å². The van der Waals surface area contributed by atoms with E-state index >= 15 is 0 Å². The Labute approximate surface area is 174 Å². The summed E-state index contributed by atoms with van der Waals surface area (Å²) in [7, 11) is 0. The molecule has 0 spiro atoms. The molecule has 0 aliphatic carbocycles. The lowest BCUT2D eigenvalue weighted by Gasteiger charge is -2.31. The molecule has 2 aromatic carbocycles. The number of carbonyl (C=O) groups is 1. The second-order valence-electron chi connectivity index (χ2n) is 6.67. The van der Waals surface area contributed by atoms with Crippen molar-refractivity contribution in [1.29, 1.82) is 0 Å². The Balaban J connectivity index is 1.57. The van der Waals surface area contributed by atoms with Gasteiger partial charge >= 0.3 is 6.09 Å². The zero-order valence-corrected chi connectivity index (χ0v) is 16.9. The van der Waals surface area contributed by atoms with Crippen LogP contribution in [-0.4, -0.2) is 40.3 Å². The van der Waals surface area contributed by atoms with Gasteiger partial charge in [-0.3, -0.25) is 0 Å². The van der Waals surface area contributed by atoms with Gasteiger partial charge in [-0.05, 0) is 48.8 Å². The Kier molecular flexibility index (Phi) is 6.95. The molecule has 3 rings (SSSR count). The van der Waals surface area contributed by atoms with Gasteiger partial charge < -0.3 is 26.0 Å². The van der Waals surface area contributed by atoms with Crippen molar-refractivity contribution in [3.05, 3.63) is 59.1 Å². The molecule has 1 aliphatic heterocycles. The smallest absolute Gasteiger partial charge is 0.407 e. The third kappa shape index (κ3) is 5.74. The van der Waals surface area contributed by atoms with E-state index in [0.717, 1.165) is 24.2 Å². The van der Waals surface area contributed by atoms with Crippen LogP contribution >= 0.6 is 23.8 Å². The second kappa shape index (κ2) is 9.61. The summed E-state index contributed by atoms with van der Waals surface area (Å²) in [5.74, 6) is 0. The standard InChI is InChI=1S/C20H23ClN4O2S/c21-15-6-7-17(22-13-14-4-2-1-3-5-14)18(12-15)24-19(28)23-16-8-10-25(11-9-16)20(26)27/h1-7,12,16,22H,8-11,13H2,(H,26,27)(H2,23,24,28). The van der Waals surface area contributed by atoms with Crippen LogP contribution in [0, 0.1) is 0 Å². The van der Waals surface area contributed by atoms with Crippen molar-refractivity contribution in [2.24, 2.45) is 0 Å². The molecule has 4 N–H and O–H groups in total. The predicted octanol–water partition coefficient (Wildman–Crippen LogP) is 4.38. The molecule has 1 heterocycles. The van der Waals surface area contributed by atoms with Crippen LogP contribution < -0.4 is 16.0 Å². The molecule has 0 radical (unpaired) electrons. The molecule has 1 aliphatic rings. The topological polar surface area (TPSA) is 76.6 Å². The number of rotatable bonds is 5. The number of hydrogen-bond acceptors (Lipinski definition) is 3. The number of nitrogens with zero attached hydrogens (tertiary/aromatic N) is 1. The Morgan fingerprint density at radius 3 is 2.54 bits per heavy atom.